The predicted molar refractivity (Wildman–Crippen MR) is 120 cm³/mol. The molecule has 30 heavy (non-hydrogen) atoms. The Labute approximate surface area is 179 Å². The van der Waals surface area contributed by atoms with Gasteiger partial charge in [-0.2, -0.15) is 5.26 Å². The van der Waals surface area contributed by atoms with Crippen LogP contribution in [0.2, 0.25) is 0 Å². The lowest BCUT2D eigenvalue weighted by Crippen LogP contribution is -2.30. The normalized spacial score (nSPS) is 11.1. The van der Waals surface area contributed by atoms with Crippen molar-refractivity contribution < 1.29 is 9.18 Å². The molecule has 0 fully saturated rings. The zero-order chi connectivity index (χ0) is 21.5. The van der Waals surface area contributed by atoms with Crippen LogP contribution in [0, 0.1) is 17.1 Å². The van der Waals surface area contributed by atoms with Crippen molar-refractivity contribution >= 4 is 34.6 Å². The second-order valence-corrected chi connectivity index (χ2v) is 7.00. The molecule has 3 aromatic carbocycles. The maximum absolute atomic E-state index is 13.0. The molecule has 0 heterocycles. The molecule has 0 aliphatic heterocycles. The van der Waals surface area contributed by atoms with Crippen LogP contribution < -0.4 is 16.0 Å². The van der Waals surface area contributed by atoms with Crippen LogP contribution >= 0.6 is 12.2 Å². The molecule has 0 aromatic heterocycles. The zero-order valence-corrected chi connectivity index (χ0v) is 17.0. The second kappa shape index (κ2) is 9.63. The molecule has 150 valence electrons. The van der Waals surface area contributed by atoms with E-state index in [0.29, 0.717) is 21.9 Å². The summed E-state index contributed by atoms with van der Waals surface area (Å²) >= 11 is 5.34. The number of amides is 1. The number of nitriles is 1. The minimum Gasteiger partial charge on any atom is -0.356 e. The Kier molecular flexibility index (Phi) is 6.73. The lowest BCUT2D eigenvalue weighted by Gasteiger charge is -2.17. The molecular formula is C23H19FN4OS. The molecule has 0 aliphatic carbocycles. The highest BCUT2D eigenvalue weighted by molar-refractivity contribution is 7.80. The van der Waals surface area contributed by atoms with Gasteiger partial charge in [0.15, 0.2) is 5.11 Å². The smallest absolute Gasteiger partial charge is 0.255 e. The van der Waals surface area contributed by atoms with Crippen LogP contribution in [0.15, 0.2) is 72.8 Å². The first kappa shape index (κ1) is 21.0. The van der Waals surface area contributed by atoms with Crippen molar-refractivity contribution in [2.45, 2.75) is 13.0 Å². The number of benzene rings is 3. The van der Waals surface area contributed by atoms with E-state index in [2.05, 4.69) is 16.0 Å². The Morgan fingerprint density at radius 1 is 0.933 bits per heavy atom. The molecule has 3 N–H and O–H groups in total. The van der Waals surface area contributed by atoms with Crippen LogP contribution in [0.25, 0.3) is 0 Å². The van der Waals surface area contributed by atoms with Gasteiger partial charge in [-0.3, -0.25) is 4.79 Å². The highest BCUT2D eigenvalue weighted by Crippen LogP contribution is 2.16. The van der Waals surface area contributed by atoms with Gasteiger partial charge >= 0.3 is 0 Å². The molecule has 5 nitrogen and oxygen atoms in total. The highest BCUT2D eigenvalue weighted by Gasteiger charge is 2.09. The molecule has 0 saturated carbocycles. The number of halogens is 1. The largest absolute Gasteiger partial charge is 0.356 e. The molecular weight excluding hydrogens is 399 g/mol. The predicted octanol–water partition coefficient (Wildman–Crippen LogP) is 5.00. The van der Waals surface area contributed by atoms with Crippen LogP contribution in [0.3, 0.4) is 0 Å². The van der Waals surface area contributed by atoms with Gasteiger partial charge in [0.05, 0.1) is 17.7 Å². The SMILES string of the molecule is CC(NC(=S)Nc1ccc(NC(=O)c2ccc(C#N)cc2)cc1)c1ccc(F)cc1. The molecule has 1 unspecified atom stereocenters. The Morgan fingerprint density at radius 3 is 2.07 bits per heavy atom. The van der Waals surface area contributed by atoms with Crippen molar-refractivity contribution in [1.82, 2.24) is 5.32 Å². The van der Waals surface area contributed by atoms with Gasteiger partial charge < -0.3 is 16.0 Å². The number of carbonyl (C=O) groups excluding carboxylic acids is 1. The molecule has 1 atom stereocenters. The van der Waals surface area contributed by atoms with Gasteiger partial charge in [0.25, 0.3) is 5.91 Å². The van der Waals surface area contributed by atoms with E-state index in [0.717, 1.165) is 11.3 Å². The van der Waals surface area contributed by atoms with Crippen molar-refractivity contribution in [2.24, 2.45) is 0 Å². The average Bonchev–Trinajstić information content (AvgIpc) is 2.75. The van der Waals surface area contributed by atoms with Crippen molar-refractivity contribution in [1.29, 1.82) is 5.26 Å². The van der Waals surface area contributed by atoms with E-state index in [9.17, 15) is 9.18 Å². The fraction of sp³-hybridized carbons (Fsp3) is 0.0870. The third kappa shape index (κ3) is 5.63. The summed E-state index contributed by atoms with van der Waals surface area (Å²) in [5.41, 5.74) is 3.28. The summed E-state index contributed by atoms with van der Waals surface area (Å²) < 4.78 is 13.0. The van der Waals surface area contributed by atoms with E-state index in [4.69, 9.17) is 17.5 Å². The maximum atomic E-state index is 13.0. The first-order valence-electron chi connectivity index (χ1n) is 9.19. The van der Waals surface area contributed by atoms with Crippen molar-refractivity contribution in [3.05, 3.63) is 95.3 Å². The van der Waals surface area contributed by atoms with E-state index >= 15 is 0 Å². The molecule has 1 amide bonds. The number of thiocarbonyl (C=S) groups is 1. The highest BCUT2D eigenvalue weighted by atomic mass is 32.1. The summed E-state index contributed by atoms with van der Waals surface area (Å²) in [6, 6.07) is 21.7. The van der Waals surface area contributed by atoms with Gasteiger partial charge in [-0.05, 0) is 85.4 Å². The standard InChI is InChI=1S/C23H19FN4OS/c1-15(17-6-8-19(24)9-7-17)26-23(30)28-21-12-10-20(11-13-21)27-22(29)18-4-2-16(14-25)3-5-18/h2-13,15H,1H3,(H,27,29)(H2,26,28,30). The van der Waals surface area contributed by atoms with Crippen LogP contribution in [-0.2, 0) is 0 Å². The molecule has 0 bridgehead atoms. The van der Waals surface area contributed by atoms with Crippen molar-refractivity contribution in [2.75, 3.05) is 10.6 Å². The maximum Gasteiger partial charge on any atom is 0.255 e. The van der Waals surface area contributed by atoms with Crippen LogP contribution in [0.5, 0.6) is 0 Å². The summed E-state index contributed by atoms with van der Waals surface area (Å²) in [4.78, 5) is 12.3. The monoisotopic (exact) mass is 418 g/mol. The van der Waals surface area contributed by atoms with Gasteiger partial charge in [-0.1, -0.05) is 12.1 Å². The molecule has 0 saturated heterocycles. The van der Waals surface area contributed by atoms with E-state index < -0.39 is 0 Å². The van der Waals surface area contributed by atoms with Gasteiger partial charge in [0.1, 0.15) is 5.82 Å². The molecule has 3 rings (SSSR count). The number of nitrogens with zero attached hydrogens (tertiary/aromatic N) is 1. The lowest BCUT2D eigenvalue weighted by molar-refractivity contribution is 0.102. The fourth-order valence-corrected chi connectivity index (χ4v) is 3.03. The molecule has 0 spiro atoms. The molecule has 0 radical (unpaired) electrons. The van der Waals surface area contributed by atoms with Crippen LogP contribution in [-0.4, -0.2) is 11.0 Å². The fourth-order valence-electron chi connectivity index (χ4n) is 2.73. The third-order valence-corrected chi connectivity index (χ3v) is 4.61. The number of hydrogen-bond donors (Lipinski definition) is 3. The Bertz CT molecular complexity index is 1070. The van der Waals surface area contributed by atoms with Gasteiger partial charge in [-0.15, -0.1) is 0 Å². The third-order valence-electron chi connectivity index (χ3n) is 4.39. The Morgan fingerprint density at radius 2 is 1.50 bits per heavy atom. The summed E-state index contributed by atoms with van der Waals surface area (Å²) in [6.45, 7) is 1.93. The minimum absolute atomic E-state index is 0.0865. The van der Waals surface area contributed by atoms with Crippen molar-refractivity contribution in [3.63, 3.8) is 0 Å². The first-order chi connectivity index (χ1) is 14.4. The molecule has 7 heteroatoms. The summed E-state index contributed by atoms with van der Waals surface area (Å²) in [6.07, 6.45) is 0. The second-order valence-electron chi connectivity index (χ2n) is 6.59. The number of hydrogen-bond acceptors (Lipinski definition) is 3. The quantitative estimate of drug-likeness (QED) is 0.509. The summed E-state index contributed by atoms with van der Waals surface area (Å²) in [5, 5.41) is 18.3. The number of nitrogens with one attached hydrogen (secondary N) is 3. The Hall–Kier alpha value is -3.76. The lowest BCUT2D eigenvalue weighted by atomic mass is 10.1. The van der Waals surface area contributed by atoms with Gasteiger partial charge in [0.2, 0.25) is 0 Å². The van der Waals surface area contributed by atoms with Gasteiger partial charge in [-0.25, -0.2) is 4.39 Å². The average molecular weight is 418 g/mol. The van der Waals surface area contributed by atoms with E-state index in [1.807, 2.05) is 13.0 Å². The van der Waals surface area contributed by atoms with Crippen LogP contribution in [0.1, 0.15) is 34.5 Å². The van der Waals surface area contributed by atoms with Crippen molar-refractivity contribution in [3.8, 4) is 6.07 Å². The minimum atomic E-state index is -0.280. The number of anilines is 2. The summed E-state index contributed by atoms with van der Waals surface area (Å²) in [5.74, 6) is -0.538. The number of rotatable bonds is 5. The summed E-state index contributed by atoms with van der Waals surface area (Å²) in [7, 11) is 0. The van der Waals surface area contributed by atoms with E-state index in [-0.39, 0.29) is 17.8 Å². The van der Waals surface area contributed by atoms with E-state index in [1.165, 1.54) is 12.1 Å². The molecule has 3 aromatic rings. The van der Waals surface area contributed by atoms with Crippen LogP contribution in [0.4, 0.5) is 15.8 Å². The van der Waals surface area contributed by atoms with Gasteiger partial charge in [0, 0.05) is 16.9 Å². The Balaban J connectivity index is 1.54. The zero-order valence-electron chi connectivity index (χ0n) is 16.1. The van der Waals surface area contributed by atoms with E-state index in [1.54, 1.807) is 60.7 Å². The topological polar surface area (TPSA) is 76.9 Å². The number of carbonyl (C=O) groups is 1. The molecule has 0 aliphatic rings. The first-order valence-corrected chi connectivity index (χ1v) is 9.60.